The number of benzene rings is 1. The fourth-order valence-electron chi connectivity index (χ4n) is 2.13. The highest BCUT2D eigenvalue weighted by Crippen LogP contribution is 2.30. The molecule has 1 aromatic carbocycles. The van der Waals surface area contributed by atoms with Gasteiger partial charge in [-0.05, 0) is 25.5 Å². The molecule has 1 N–H and O–H groups in total. The minimum Gasteiger partial charge on any atom is -0.396 e. The molecule has 0 amide bonds. The van der Waals surface area contributed by atoms with Crippen molar-refractivity contribution in [1.82, 2.24) is 4.31 Å². The molecule has 1 fully saturated rings. The molecule has 0 aliphatic carbocycles. The van der Waals surface area contributed by atoms with E-state index in [1.165, 1.54) is 10.4 Å². The Kier molecular flexibility index (Phi) is 3.81. The van der Waals surface area contributed by atoms with Crippen molar-refractivity contribution in [2.75, 3.05) is 19.7 Å². The summed E-state index contributed by atoms with van der Waals surface area (Å²) in [5.41, 5.74) is 0.839. The van der Waals surface area contributed by atoms with Crippen LogP contribution in [0.3, 0.4) is 0 Å². The average molecular weight is 300 g/mol. The summed E-state index contributed by atoms with van der Waals surface area (Å²) in [4.78, 5) is 10.3. The van der Waals surface area contributed by atoms with E-state index in [0.29, 0.717) is 11.1 Å². The molecular formula is C12H16N2O5S. The highest BCUT2D eigenvalue weighted by atomic mass is 32.2. The lowest BCUT2D eigenvalue weighted by Crippen LogP contribution is -2.51. The first-order valence-corrected chi connectivity index (χ1v) is 7.58. The normalized spacial score (nSPS) is 16.9. The quantitative estimate of drug-likeness (QED) is 0.655. The Hall–Kier alpha value is -1.51. The second-order valence-corrected chi connectivity index (χ2v) is 6.95. The Bertz CT molecular complexity index is 650. The zero-order valence-corrected chi connectivity index (χ0v) is 12.1. The van der Waals surface area contributed by atoms with Gasteiger partial charge >= 0.3 is 0 Å². The number of aryl methyl sites for hydroxylation is 1. The third-order valence-electron chi connectivity index (χ3n) is 3.63. The van der Waals surface area contributed by atoms with Crippen molar-refractivity contribution < 1.29 is 18.4 Å². The van der Waals surface area contributed by atoms with Crippen LogP contribution < -0.4 is 0 Å². The Morgan fingerprint density at radius 2 is 2.00 bits per heavy atom. The zero-order valence-electron chi connectivity index (χ0n) is 11.2. The smallest absolute Gasteiger partial charge is 0.273 e. The number of aliphatic hydroxyl groups is 1. The van der Waals surface area contributed by atoms with Crippen LogP contribution in [0.1, 0.15) is 11.1 Å². The maximum absolute atomic E-state index is 12.3. The lowest BCUT2D eigenvalue weighted by atomic mass is 10.1. The fourth-order valence-corrected chi connectivity index (χ4v) is 3.83. The van der Waals surface area contributed by atoms with Gasteiger partial charge in [0.1, 0.15) is 0 Å². The standard InChI is InChI=1S/C12H16N2O5S/c1-8-3-11(4-12(9(8)2)14(16)17)20(18,19)13-5-10(6-13)7-15/h3-4,10,15H,5-7H2,1-2H3. The average Bonchev–Trinajstić information content (AvgIpc) is 2.30. The van der Waals surface area contributed by atoms with Gasteiger partial charge < -0.3 is 5.11 Å². The minimum absolute atomic E-state index is 0.0497. The van der Waals surface area contributed by atoms with Gasteiger partial charge in [0.15, 0.2) is 0 Å². The van der Waals surface area contributed by atoms with Crippen LogP contribution in [-0.2, 0) is 10.0 Å². The molecule has 0 atom stereocenters. The number of hydrogen-bond donors (Lipinski definition) is 1. The molecule has 0 unspecified atom stereocenters. The Morgan fingerprint density at radius 3 is 2.50 bits per heavy atom. The van der Waals surface area contributed by atoms with Crippen LogP contribution in [-0.4, -0.2) is 42.4 Å². The van der Waals surface area contributed by atoms with E-state index in [2.05, 4.69) is 0 Å². The Labute approximate surface area is 117 Å². The minimum atomic E-state index is -3.72. The highest BCUT2D eigenvalue weighted by molar-refractivity contribution is 7.89. The molecular weight excluding hydrogens is 284 g/mol. The summed E-state index contributed by atoms with van der Waals surface area (Å²) in [5.74, 6) is -0.0497. The van der Waals surface area contributed by atoms with Crippen molar-refractivity contribution in [3.05, 3.63) is 33.4 Å². The maximum atomic E-state index is 12.3. The molecule has 0 spiro atoms. The van der Waals surface area contributed by atoms with Crippen LogP contribution in [0, 0.1) is 29.9 Å². The molecule has 20 heavy (non-hydrogen) atoms. The zero-order chi connectivity index (χ0) is 15.1. The summed E-state index contributed by atoms with van der Waals surface area (Å²) in [6.45, 7) is 3.68. The Morgan fingerprint density at radius 1 is 1.40 bits per heavy atom. The summed E-state index contributed by atoms with van der Waals surface area (Å²) in [7, 11) is -3.72. The third-order valence-corrected chi connectivity index (χ3v) is 5.44. The molecule has 110 valence electrons. The third kappa shape index (κ3) is 2.41. The number of sulfonamides is 1. The number of nitrogens with zero attached hydrogens (tertiary/aromatic N) is 2. The van der Waals surface area contributed by atoms with Gasteiger partial charge in [0, 0.05) is 37.2 Å². The maximum Gasteiger partial charge on any atom is 0.273 e. The van der Waals surface area contributed by atoms with E-state index in [1.54, 1.807) is 13.8 Å². The van der Waals surface area contributed by atoms with Crippen LogP contribution in [0.25, 0.3) is 0 Å². The first-order chi connectivity index (χ1) is 9.27. The summed E-state index contributed by atoms with van der Waals surface area (Å²) < 4.78 is 25.9. The van der Waals surface area contributed by atoms with E-state index in [9.17, 15) is 18.5 Å². The summed E-state index contributed by atoms with van der Waals surface area (Å²) >= 11 is 0. The van der Waals surface area contributed by atoms with Crippen molar-refractivity contribution in [3.63, 3.8) is 0 Å². The van der Waals surface area contributed by atoms with Gasteiger partial charge in [-0.25, -0.2) is 8.42 Å². The molecule has 8 heteroatoms. The molecule has 7 nitrogen and oxygen atoms in total. The van der Waals surface area contributed by atoms with Gasteiger partial charge in [0.25, 0.3) is 5.69 Å². The summed E-state index contributed by atoms with van der Waals surface area (Å²) in [5, 5.41) is 19.9. The van der Waals surface area contributed by atoms with Gasteiger partial charge in [-0.1, -0.05) is 0 Å². The molecule has 0 aromatic heterocycles. The molecule has 1 heterocycles. The van der Waals surface area contributed by atoms with Gasteiger partial charge in [-0.2, -0.15) is 4.31 Å². The number of nitro benzene ring substituents is 1. The van der Waals surface area contributed by atoms with E-state index in [4.69, 9.17) is 5.11 Å². The first kappa shape index (κ1) is 14.9. The largest absolute Gasteiger partial charge is 0.396 e. The van der Waals surface area contributed by atoms with Gasteiger partial charge in [0.05, 0.1) is 9.82 Å². The van der Waals surface area contributed by atoms with Gasteiger partial charge in [0.2, 0.25) is 10.0 Å². The second kappa shape index (κ2) is 5.12. The van der Waals surface area contributed by atoms with E-state index < -0.39 is 14.9 Å². The molecule has 1 aliphatic rings. The number of aliphatic hydroxyl groups excluding tert-OH is 1. The van der Waals surface area contributed by atoms with E-state index >= 15 is 0 Å². The number of hydrogen-bond acceptors (Lipinski definition) is 5. The Balaban J connectivity index is 2.41. The topological polar surface area (TPSA) is 101 Å². The van der Waals surface area contributed by atoms with Crippen LogP contribution >= 0.6 is 0 Å². The lowest BCUT2D eigenvalue weighted by molar-refractivity contribution is -0.385. The molecule has 1 aromatic rings. The SMILES string of the molecule is Cc1cc(S(=O)(=O)N2CC(CO)C2)cc([N+](=O)[O-])c1C. The predicted octanol–water partition coefficient (Wildman–Crippen LogP) is 0.824. The number of nitro groups is 1. The van der Waals surface area contributed by atoms with Crippen molar-refractivity contribution >= 4 is 15.7 Å². The van der Waals surface area contributed by atoms with Crippen LogP contribution in [0.5, 0.6) is 0 Å². The molecule has 0 radical (unpaired) electrons. The molecule has 1 aliphatic heterocycles. The fraction of sp³-hybridized carbons (Fsp3) is 0.500. The van der Waals surface area contributed by atoms with Crippen LogP contribution in [0.4, 0.5) is 5.69 Å². The molecule has 1 saturated heterocycles. The van der Waals surface area contributed by atoms with Crippen LogP contribution in [0.15, 0.2) is 17.0 Å². The van der Waals surface area contributed by atoms with Crippen LogP contribution in [0.2, 0.25) is 0 Å². The van der Waals surface area contributed by atoms with E-state index in [0.717, 1.165) is 6.07 Å². The van der Waals surface area contributed by atoms with E-state index in [1.807, 2.05) is 0 Å². The van der Waals surface area contributed by atoms with Crippen molar-refractivity contribution in [3.8, 4) is 0 Å². The highest BCUT2D eigenvalue weighted by Gasteiger charge is 2.37. The summed E-state index contributed by atoms with van der Waals surface area (Å²) in [6, 6.07) is 2.55. The van der Waals surface area contributed by atoms with Crippen molar-refractivity contribution in [2.24, 2.45) is 5.92 Å². The van der Waals surface area contributed by atoms with Gasteiger partial charge in [-0.15, -0.1) is 0 Å². The number of rotatable bonds is 4. The van der Waals surface area contributed by atoms with Crippen molar-refractivity contribution in [1.29, 1.82) is 0 Å². The predicted molar refractivity (Wildman–Crippen MR) is 71.9 cm³/mol. The second-order valence-electron chi connectivity index (χ2n) is 5.01. The molecule has 0 saturated carbocycles. The van der Waals surface area contributed by atoms with Gasteiger partial charge in [-0.3, -0.25) is 10.1 Å². The lowest BCUT2D eigenvalue weighted by Gasteiger charge is -2.36. The molecule has 0 bridgehead atoms. The summed E-state index contributed by atoms with van der Waals surface area (Å²) in [6.07, 6.45) is 0. The first-order valence-electron chi connectivity index (χ1n) is 6.14. The molecule has 2 rings (SSSR count). The van der Waals surface area contributed by atoms with Crippen molar-refractivity contribution in [2.45, 2.75) is 18.7 Å². The van der Waals surface area contributed by atoms with E-state index in [-0.39, 0.29) is 36.2 Å². The monoisotopic (exact) mass is 300 g/mol.